The molecule has 3 nitrogen and oxygen atoms in total. The lowest BCUT2D eigenvalue weighted by atomic mass is 10.0. The highest BCUT2D eigenvalue weighted by atomic mass is 16.5. The molecule has 13 heavy (non-hydrogen) atoms. The Bertz CT molecular complexity index is 342. The summed E-state index contributed by atoms with van der Waals surface area (Å²) >= 11 is 0. The second-order valence-electron chi connectivity index (χ2n) is 2.93. The van der Waals surface area contributed by atoms with Crippen LogP contribution in [0.2, 0.25) is 0 Å². The Hall–Kier alpha value is -1.51. The van der Waals surface area contributed by atoms with Crippen LogP contribution in [0.15, 0.2) is 12.1 Å². The lowest BCUT2D eigenvalue weighted by molar-refractivity contribution is 0.0599. The van der Waals surface area contributed by atoms with Crippen molar-refractivity contribution in [3.05, 3.63) is 28.8 Å². The number of aryl methyl sites for hydroxylation is 1. The van der Waals surface area contributed by atoms with E-state index in [1.807, 2.05) is 13.8 Å². The summed E-state index contributed by atoms with van der Waals surface area (Å²) in [6.45, 7) is 3.66. The van der Waals surface area contributed by atoms with Crippen LogP contribution in [-0.2, 0) is 4.74 Å². The molecule has 1 rings (SSSR count). The molecule has 0 bridgehead atoms. The number of rotatable bonds is 1. The van der Waals surface area contributed by atoms with Crippen LogP contribution in [0, 0.1) is 13.8 Å². The molecule has 3 heteroatoms. The van der Waals surface area contributed by atoms with Crippen molar-refractivity contribution >= 4 is 5.97 Å². The monoisotopic (exact) mass is 180 g/mol. The third-order valence-corrected chi connectivity index (χ3v) is 2.06. The average Bonchev–Trinajstić information content (AvgIpc) is 2.10. The first kappa shape index (κ1) is 9.58. The molecule has 0 unspecified atom stereocenters. The Morgan fingerprint density at radius 3 is 2.54 bits per heavy atom. The molecule has 0 saturated heterocycles. The minimum atomic E-state index is -0.420. The van der Waals surface area contributed by atoms with Crippen LogP contribution in [0.3, 0.4) is 0 Å². The number of hydrogen-bond acceptors (Lipinski definition) is 3. The smallest absolute Gasteiger partial charge is 0.338 e. The largest absolute Gasteiger partial charge is 0.508 e. The molecular weight excluding hydrogens is 168 g/mol. The van der Waals surface area contributed by atoms with Gasteiger partial charge in [0.2, 0.25) is 0 Å². The number of methoxy groups -OCH3 is 1. The predicted molar refractivity (Wildman–Crippen MR) is 48.9 cm³/mol. The summed E-state index contributed by atoms with van der Waals surface area (Å²) in [6.07, 6.45) is 0. The maximum atomic E-state index is 11.2. The number of carbonyl (C=O) groups is 1. The highest BCUT2D eigenvalue weighted by Crippen LogP contribution is 2.20. The Morgan fingerprint density at radius 2 is 2.00 bits per heavy atom. The first-order valence-electron chi connectivity index (χ1n) is 3.94. The molecule has 70 valence electrons. The van der Waals surface area contributed by atoms with Gasteiger partial charge in [0.25, 0.3) is 0 Å². The lowest BCUT2D eigenvalue weighted by Crippen LogP contribution is -2.04. The highest BCUT2D eigenvalue weighted by Gasteiger charge is 2.11. The average molecular weight is 180 g/mol. The first-order valence-corrected chi connectivity index (χ1v) is 3.94. The number of phenolic OH excluding ortho intramolecular Hbond substituents is 1. The van der Waals surface area contributed by atoms with E-state index in [0.29, 0.717) is 5.56 Å². The van der Waals surface area contributed by atoms with Gasteiger partial charge in [0.1, 0.15) is 5.75 Å². The summed E-state index contributed by atoms with van der Waals surface area (Å²) in [5.74, 6) is -0.333. The SMILES string of the molecule is COC(=O)c1cc(O)cc(C)c1C. The molecular formula is C10H12O3. The van der Waals surface area contributed by atoms with E-state index in [-0.39, 0.29) is 5.75 Å². The van der Waals surface area contributed by atoms with Crippen molar-refractivity contribution in [2.24, 2.45) is 0 Å². The van der Waals surface area contributed by atoms with Gasteiger partial charge in [-0.1, -0.05) is 0 Å². The van der Waals surface area contributed by atoms with Crippen LogP contribution in [0.5, 0.6) is 5.75 Å². The Labute approximate surface area is 77.0 Å². The first-order chi connectivity index (χ1) is 6.06. The Balaban J connectivity index is 3.28. The number of hydrogen-bond donors (Lipinski definition) is 1. The van der Waals surface area contributed by atoms with Crippen LogP contribution in [0.25, 0.3) is 0 Å². The molecule has 1 N–H and O–H groups in total. The molecule has 0 fully saturated rings. The van der Waals surface area contributed by atoms with Gasteiger partial charge in [0.05, 0.1) is 12.7 Å². The van der Waals surface area contributed by atoms with Gasteiger partial charge in [-0.25, -0.2) is 4.79 Å². The molecule has 0 aliphatic rings. The van der Waals surface area contributed by atoms with Crippen LogP contribution in [0.1, 0.15) is 21.5 Å². The number of aromatic hydroxyl groups is 1. The fourth-order valence-electron chi connectivity index (χ4n) is 1.16. The topological polar surface area (TPSA) is 46.5 Å². The number of esters is 1. The van der Waals surface area contributed by atoms with Gasteiger partial charge in [-0.15, -0.1) is 0 Å². The summed E-state index contributed by atoms with van der Waals surface area (Å²) in [4.78, 5) is 11.2. The van der Waals surface area contributed by atoms with Crippen molar-refractivity contribution in [3.63, 3.8) is 0 Å². The lowest BCUT2D eigenvalue weighted by Gasteiger charge is -2.07. The Kier molecular flexibility index (Phi) is 2.56. The molecule has 0 saturated carbocycles. The zero-order valence-electron chi connectivity index (χ0n) is 7.92. The Morgan fingerprint density at radius 1 is 1.38 bits per heavy atom. The molecule has 0 aromatic heterocycles. The maximum absolute atomic E-state index is 11.2. The van der Waals surface area contributed by atoms with E-state index in [4.69, 9.17) is 0 Å². The van der Waals surface area contributed by atoms with Crippen molar-refractivity contribution in [1.29, 1.82) is 0 Å². The number of phenols is 1. The third-order valence-electron chi connectivity index (χ3n) is 2.06. The molecule has 0 amide bonds. The van der Waals surface area contributed by atoms with E-state index in [9.17, 15) is 9.90 Å². The standard InChI is InChI=1S/C10H12O3/c1-6-4-8(11)5-9(7(6)2)10(12)13-3/h4-5,11H,1-3H3. The molecule has 0 aliphatic heterocycles. The third kappa shape index (κ3) is 1.80. The van der Waals surface area contributed by atoms with Crippen LogP contribution < -0.4 is 0 Å². The van der Waals surface area contributed by atoms with Crippen LogP contribution in [0.4, 0.5) is 0 Å². The quantitative estimate of drug-likeness (QED) is 0.670. The van der Waals surface area contributed by atoms with Crippen LogP contribution in [-0.4, -0.2) is 18.2 Å². The molecule has 0 atom stereocenters. The maximum Gasteiger partial charge on any atom is 0.338 e. The van der Waals surface area contributed by atoms with E-state index in [1.54, 1.807) is 6.07 Å². The predicted octanol–water partition coefficient (Wildman–Crippen LogP) is 1.80. The van der Waals surface area contributed by atoms with E-state index in [2.05, 4.69) is 4.74 Å². The molecule has 0 heterocycles. The number of carbonyl (C=O) groups excluding carboxylic acids is 1. The van der Waals surface area contributed by atoms with E-state index < -0.39 is 5.97 Å². The minimum Gasteiger partial charge on any atom is -0.508 e. The van der Waals surface area contributed by atoms with Crippen molar-refractivity contribution < 1.29 is 14.6 Å². The molecule has 1 aromatic carbocycles. The van der Waals surface area contributed by atoms with Gasteiger partial charge < -0.3 is 9.84 Å². The van der Waals surface area contributed by atoms with E-state index in [0.717, 1.165) is 11.1 Å². The van der Waals surface area contributed by atoms with Crippen molar-refractivity contribution in [1.82, 2.24) is 0 Å². The second kappa shape index (κ2) is 3.47. The summed E-state index contributed by atoms with van der Waals surface area (Å²) in [5, 5.41) is 9.25. The normalized spacial score (nSPS) is 9.77. The van der Waals surface area contributed by atoms with Crippen molar-refractivity contribution in [2.45, 2.75) is 13.8 Å². The summed E-state index contributed by atoms with van der Waals surface area (Å²) in [6, 6.07) is 3.02. The number of ether oxygens (including phenoxy) is 1. The number of benzene rings is 1. The fraction of sp³-hybridized carbons (Fsp3) is 0.300. The fourth-order valence-corrected chi connectivity index (χ4v) is 1.16. The van der Waals surface area contributed by atoms with Crippen LogP contribution >= 0.6 is 0 Å². The van der Waals surface area contributed by atoms with E-state index >= 15 is 0 Å². The molecule has 1 aromatic rings. The zero-order chi connectivity index (χ0) is 10.0. The second-order valence-corrected chi connectivity index (χ2v) is 2.93. The van der Waals surface area contributed by atoms with Gasteiger partial charge >= 0.3 is 5.97 Å². The summed E-state index contributed by atoms with van der Waals surface area (Å²) in [7, 11) is 1.32. The highest BCUT2D eigenvalue weighted by molar-refractivity contribution is 5.91. The molecule has 0 radical (unpaired) electrons. The van der Waals surface area contributed by atoms with Gasteiger partial charge in [-0.3, -0.25) is 0 Å². The molecule has 0 aliphatic carbocycles. The van der Waals surface area contributed by atoms with Gasteiger partial charge in [0.15, 0.2) is 0 Å². The van der Waals surface area contributed by atoms with E-state index in [1.165, 1.54) is 13.2 Å². The van der Waals surface area contributed by atoms with Gasteiger partial charge in [-0.05, 0) is 37.1 Å². The van der Waals surface area contributed by atoms with Gasteiger partial charge in [0, 0.05) is 0 Å². The molecule has 0 spiro atoms. The summed E-state index contributed by atoms with van der Waals surface area (Å²) < 4.78 is 4.58. The van der Waals surface area contributed by atoms with Crippen molar-refractivity contribution in [3.8, 4) is 5.75 Å². The van der Waals surface area contributed by atoms with Gasteiger partial charge in [-0.2, -0.15) is 0 Å². The van der Waals surface area contributed by atoms with Crippen molar-refractivity contribution in [2.75, 3.05) is 7.11 Å². The minimum absolute atomic E-state index is 0.0866. The summed E-state index contributed by atoms with van der Waals surface area (Å²) in [5.41, 5.74) is 2.13. The zero-order valence-corrected chi connectivity index (χ0v) is 7.92.